The molecule has 2 amide bonds. The SMILES string of the molecule is CC(C)(C)NC(=O)[C@@H](c1ccc(F)cc1)N(C(=O)c1csnn1)c1cccc(Cl)c1. The first kappa shape index (κ1) is 21.9. The molecule has 0 radical (unpaired) electrons. The predicted molar refractivity (Wildman–Crippen MR) is 115 cm³/mol. The number of nitrogens with zero attached hydrogens (tertiary/aromatic N) is 3. The molecule has 1 atom stereocenters. The van der Waals surface area contributed by atoms with Gasteiger partial charge in [-0.2, -0.15) is 0 Å². The van der Waals surface area contributed by atoms with E-state index in [2.05, 4.69) is 14.9 Å². The third-order valence-electron chi connectivity index (χ3n) is 4.07. The highest BCUT2D eigenvalue weighted by atomic mass is 35.5. The Morgan fingerprint density at radius 3 is 2.43 bits per heavy atom. The van der Waals surface area contributed by atoms with Crippen LogP contribution in [0.1, 0.15) is 42.9 Å². The predicted octanol–water partition coefficient (Wildman–Crippen LogP) is 4.63. The van der Waals surface area contributed by atoms with Gasteiger partial charge in [0.25, 0.3) is 5.91 Å². The molecule has 2 aromatic carbocycles. The van der Waals surface area contributed by atoms with Gasteiger partial charge >= 0.3 is 0 Å². The van der Waals surface area contributed by atoms with Crippen LogP contribution < -0.4 is 10.2 Å². The van der Waals surface area contributed by atoms with Crippen LogP contribution in [0.4, 0.5) is 10.1 Å². The fourth-order valence-corrected chi connectivity index (χ4v) is 3.51. The van der Waals surface area contributed by atoms with Gasteiger partial charge < -0.3 is 5.32 Å². The summed E-state index contributed by atoms with van der Waals surface area (Å²) in [5, 5.41) is 8.67. The minimum absolute atomic E-state index is 0.0932. The van der Waals surface area contributed by atoms with Gasteiger partial charge in [-0.15, -0.1) is 5.10 Å². The minimum atomic E-state index is -1.09. The van der Waals surface area contributed by atoms with Gasteiger partial charge in [0.1, 0.15) is 11.9 Å². The van der Waals surface area contributed by atoms with Crippen LogP contribution in [0.5, 0.6) is 0 Å². The van der Waals surface area contributed by atoms with Crippen LogP contribution in [0.3, 0.4) is 0 Å². The summed E-state index contributed by atoms with van der Waals surface area (Å²) in [5.41, 5.74) is 0.379. The van der Waals surface area contributed by atoms with E-state index in [1.807, 2.05) is 20.8 Å². The second-order valence-corrected chi connectivity index (χ2v) is 8.68. The highest BCUT2D eigenvalue weighted by Crippen LogP contribution is 2.31. The van der Waals surface area contributed by atoms with Crippen molar-refractivity contribution < 1.29 is 14.0 Å². The molecule has 30 heavy (non-hydrogen) atoms. The lowest BCUT2D eigenvalue weighted by molar-refractivity contribution is -0.123. The molecule has 0 aliphatic heterocycles. The van der Waals surface area contributed by atoms with Crippen LogP contribution in [0.15, 0.2) is 53.9 Å². The Balaban J connectivity index is 2.18. The van der Waals surface area contributed by atoms with E-state index in [0.717, 1.165) is 11.5 Å². The van der Waals surface area contributed by atoms with Crippen LogP contribution in [-0.2, 0) is 4.79 Å². The molecule has 6 nitrogen and oxygen atoms in total. The molecule has 3 aromatic rings. The van der Waals surface area contributed by atoms with Crippen molar-refractivity contribution >= 4 is 40.6 Å². The number of anilines is 1. The number of aromatic nitrogens is 2. The summed E-state index contributed by atoms with van der Waals surface area (Å²) in [4.78, 5) is 28.1. The number of rotatable bonds is 5. The van der Waals surface area contributed by atoms with Crippen LogP contribution >= 0.6 is 23.1 Å². The zero-order valence-electron chi connectivity index (χ0n) is 16.6. The van der Waals surface area contributed by atoms with Crippen molar-refractivity contribution in [3.8, 4) is 0 Å². The van der Waals surface area contributed by atoms with Gasteiger partial charge in [0.15, 0.2) is 5.69 Å². The Morgan fingerprint density at radius 2 is 1.87 bits per heavy atom. The van der Waals surface area contributed by atoms with Crippen molar-refractivity contribution in [2.45, 2.75) is 32.4 Å². The Kier molecular flexibility index (Phi) is 6.48. The van der Waals surface area contributed by atoms with Gasteiger partial charge in [-0.1, -0.05) is 34.3 Å². The molecule has 0 aliphatic rings. The normalized spacial score (nSPS) is 12.3. The molecule has 156 valence electrons. The van der Waals surface area contributed by atoms with Crippen LogP contribution in [0.25, 0.3) is 0 Å². The van der Waals surface area contributed by atoms with Gasteiger partial charge in [-0.25, -0.2) is 4.39 Å². The molecule has 1 N–H and O–H groups in total. The summed E-state index contributed by atoms with van der Waals surface area (Å²) >= 11 is 7.19. The van der Waals surface area contributed by atoms with Crippen LogP contribution in [0, 0.1) is 5.82 Å². The number of benzene rings is 2. The summed E-state index contributed by atoms with van der Waals surface area (Å²) < 4.78 is 17.3. The van der Waals surface area contributed by atoms with Crippen molar-refractivity contribution in [1.82, 2.24) is 14.9 Å². The van der Waals surface area contributed by atoms with E-state index in [1.165, 1.54) is 34.5 Å². The average molecular weight is 447 g/mol. The van der Waals surface area contributed by atoms with E-state index >= 15 is 0 Å². The van der Waals surface area contributed by atoms with Gasteiger partial charge in [0.2, 0.25) is 5.91 Å². The topological polar surface area (TPSA) is 75.2 Å². The number of carbonyl (C=O) groups excluding carboxylic acids is 2. The van der Waals surface area contributed by atoms with E-state index in [4.69, 9.17) is 11.6 Å². The van der Waals surface area contributed by atoms with Gasteiger partial charge in [-0.3, -0.25) is 14.5 Å². The molecule has 1 aromatic heterocycles. The molecular weight excluding hydrogens is 427 g/mol. The Morgan fingerprint density at radius 1 is 1.17 bits per heavy atom. The van der Waals surface area contributed by atoms with E-state index in [9.17, 15) is 14.0 Å². The number of hydrogen-bond acceptors (Lipinski definition) is 5. The molecule has 0 unspecified atom stereocenters. The molecule has 0 spiro atoms. The Bertz CT molecular complexity index is 1040. The first-order valence-electron chi connectivity index (χ1n) is 9.09. The van der Waals surface area contributed by atoms with E-state index < -0.39 is 29.2 Å². The number of nitrogens with one attached hydrogen (secondary N) is 1. The zero-order chi connectivity index (χ0) is 21.9. The maximum absolute atomic E-state index is 13.6. The number of halogens is 2. The third-order valence-corrected chi connectivity index (χ3v) is 4.81. The van der Waals surface area contributed by atoms with Gasteiger partial charge in [0.05, 0.1) is 0 Å². The maximum atomic E-state index is 13.6. The largest absolute Gasteiger partial charge is 0.349 e. The lowest BCUT2D eigenvalue weighted by Crippen LogP contribution is -2.49. The Labute approximate surface area is 182 Å². The van der Waals surface area contributed by atoms with Gasteiger partial charge in [-0.05, 0) is 68.2 Å². The quantitative estimate of drug-likeness (QED) is 0.619. The van der Waals surface area contributed by atoms with Crippen LogP contribution in [-0.4, -0.2) is 26.9 Å². The highest BCUT2D eigenvalue weighted by Gasteiger charge is 2.35. The second-order valence-electron chi connectivity index (χ2n) is 7.64. The van der Waals surface area contributed by atoms with E-state index in [-0.39, 0.29) is 5.69 Å². The second kappa shape index (κ2) is 8.89. The van der Waals surface area contributed by atoms with Gasteiger partial charge in [0, 0.05) is 21.6 Å². The molecular formula is C21H20ClFN4O2S. The van der Waals surface area contributed by atoms with Crippen molar-refractivity contribution in [3.05, 3.63) is 76.0 Å². The first-order chi connectivity index (χ1) is 14.2. The molecule has 0 bridgehead atoms. The average Bonchev–Trinajstić information content (AvgIpc) is 3.20. The fraction of sp³-hybridized carbons (Fsp3) is 0.238. The molecule has 3 rings (SSSR count). The molecule has 9 heteroatoms. The smallest absolute Gasteiger partial charge is 0.280 e. The molecule has 0 fully saturated rings. The Hall–Kier alpha value is -2.84. The van der Waals surface area contributed by atoms with Crippen molar-refractivity contribution in [3.63, 3.8) is 0 Å². The summed E-state index contributed by atoms with van der Waals surface area (Å²) in [6, 6.07) is 11.0. The summed E-state index contributed by atoms with van der Waals surface area (Å²) in [6.45, 7) is 5.51. The third kappa shape index (κ3) is 5.20. The standard InChI is InChI=1S/C21H20ClFN4O2S/c1-21(2,3)24-19(28)18(13-7-9-15(23)10-8-13)27(16-6-4-5-14(22)11-16)20(29)17-12-30-26-25-17/h4-12,18H,1-3H3,(H,24,28)/t18-/m1/s1. The fourth-order valence-electron chi connectivity index (χ4n) is 2.89. The molecule has 0 saturated carbocycles. The number of amides is 2. The summed E-state index contributed by atoms with van der Waals surface area (Å²) in [6.07, 6.45) is 0. The minimum Gasteiger partial charge on any atom is -0.349 e. The summed E-state index contributed by atoms with van der Waals surface area (Å²) in [7, 11) is 0. The lowest BCUT2D eigenvalue weighted by Gasteiger charge is -2.33. The van der Waals surface area contributed by atoms with Crippen LogP contribution in [0.2, 0.25) is 5.02 Å². The van der Waals surface area contributed by atoms with E-state index in [0.29, 0.717) is 16.3 Å². The monoisotopic (exact) mass is 446 g/mol. The first-order valence-corrected chi connectivity index (χ1v) is 10.3. The zero-order valence-corrected chi connectivity index (χ0v) is 18.2. The van der Waals surface area contributed by atoms with Crippen molar-refractivity contribution in [2.24, 2.45) is 0 Å². The molecule has 1 heterocycles. The maximum Gasteiger partial charge on any atom is 0.280 e. The van der Waals surface area contributed by atoms with E-state index in [1.54, 1.807) is 24.3 Å². The highest BCUT2D eigenvalue weighted by molar-refractivity contribution is 7.03. The van der Waals surface area contributed by atoms with Crippen molar-refractivity contribution in [1.29, 1.82) is 0 Å². The number of hydrogen-bond donors (Lipinski definition) is 1. The number of carbonyl (C=O) groups is 2. The summed E-state index contributed by atoms with van der Waals surface area (Å²) in [5.74, 6) is -1.40. The molecule has 0 aliphatic carbocycles. The lowest BCUT2D eigenvalue weighted by atomic mass is 10.0. The molecule has 0 saturated heterocycles. The van der Waals surface area contributed by atoms with Crippen molar-refractivity contribution in [2.75, 3.05) is 4.90 Å².